The van der Waals surface area contributed by atoms with Crippen LogP contribution in [-0.4, -0.2) is 67.1 Å². The minimum Gasteiger partial charge on any atom is -0.383 e. The summed E-state index contributed by atoms with van der Waals surface area (Å²) in [5.41, 5.74) is 7.63. The molecule has 1 saturated heterocycles. The van der Waals surface area contributed by atoms with Crippen molar-refractivity contribution < 1.29 is 9.53 Å². The van der Waals surface area contributed by atoms with Gasteiger partial charge in [-0.25, -0.2) is 0 Å². The summed E-state index contributed by atoms with van der Waals surface area (Å²) >= 11 is 0. The van der Waals surface area contributed by atoms with Crippen LogP contribution in [0.25, 0.3) is 10.9 Å². The van der Waals surface area contributed by atoms with Gasteiger partial charge in [0.25, 0.3) is 5.91 Å². The molecule has 0 aliphatic carbocycles. The predicted octanol–water partition coefficient (Wildman–Crippen LogP) is 4.11. The molecule has 6 nitrogen and oxygen atoms in total. The average molecular weight is 435 g/mol. The summed E-state index contributed by atoms with van der Waals surface area (Å²) in [7, 11) is 1.73. The Balaban J connectivity index is 1.57. The highest BCUT2D eigenvalue weighted by Crippen LogP contribution is 2.30. The van der Waals surface area contributed by atoms with E-state index < -0.39 is 0 Å². The van der Waals surface area contributed by atoms with E-state index in [1.165, 1.54) is 16.7 Å². The zero-order valence-electron chi connectivity index (χ0n) is 19.6. The molecular weight excluding hydrogens is 400 g/mol. The lowest BCUT2D eigenvalue weighted by molar-refractivity contribution is 0.0594. The van der Waals surface area contributed by atoms with E-state index in [2.05, 4.69) is 60.2 Å². The van der Waals surface area contributed by atoms with Crippen LogP contribution in [0.4, 0.5) is 5.69 Å². The number of methoxy groups -OCH3 is 1. The third-order valence-electron chi connectivity index (χ3n) is 6.67. The maximum absolute atomic E-state index is 13.4. The lowest BCUT2D eigenvalue weighted by atomic mass is 10.0. The number of benzene rings is 2. The van der Waals surface area contributed by atoms with Gasteiger partial charge in [0, 0.05) is 63.0 Å². The monoisotopic (exact) mass is 434 g/mol. The lowest BCUT2D eigenvalue weighted by Gasteiger charge is -2.34. The number of aromatic nitrogens is 1. The van der Waals surface area contributed by atoms with Crippen LogP contribution in [0.5, 0.6) is 0 Å². The Bertz CT molecular complexity index is 1100. The molecule has 2 N–H and O–H groups in total. The Hall–Kier alpha value is -2.83. The van der Waals surface area contributed by atoms with Gasteiger partial charge in [-0.05, 0) is 49.6 Å². The van der Waals surface area contributed by atoms with Gasteiger partial charge in [0.2, 0.25) is 0 Å². The molecule has 1 fully saturated rings. The molecule has 1 aromatic heterocycles. The van der Waals surface area contributed by atoms with Crippen molar-refractivity contribution in [2.75, 3.05) is 51.8 Å². The molecule has 0 spiro atoms. The lowest BCUT2D eigenvalue weighted by Crippen LogP contribution is -2.49. The second-order valence-electron chi connectivity index (χ2n) is 8.73. The fourth-order valence-corrected chi connectivity index (χ4v) is 4.40. The molecule has 0 bridgehead atoms. The number of hydrogen-bond acceptors (Lipinski definition) is 4. The number of fused-ring (bicyclic) bond motifs is 1. The van der Waals surface area contributed by atoms with Crippen molar-refractivity contribution >= 4 is 22.5 Å². The number of H-pyrrole nitrogens is 1. The Morgan fingerprint density at radius 2 is 1.84 bits per heavy atom. The topological polar surface area (TPSA) is 60.6 Å². The number of anilines is 1. The average Bonchev–Trinajstić information content (AvgIpc) is 3.10. The number of amides is 1. The number of ether oxygens (including phenoxy) is 1. The normalized spacial score (nSPS) is 14.8. The van der Waals surface area contributed by atoms with Crippen molar-refractivity contribution in [1.82, 2.24) is 14.8 Å². The van der Waals surface area contributed by atoms with E-state index >= 15 is 0 Å². The third kappa shape index (κ3) is 4.66. The number of nitrogens with zero attached hydrogens (tertiary/aromatic N) is 2. The van der Waals surface area contributed by atoms with Gasteiger partial charge in [-0.1, -0.05) is 24.3 Å². The number of aryl methyl sites for hydroxylation is 3. The first kappa shape index (κ1) is 22.4. The van der Waals surface area contributed by atoms with E-state index in [1.807, 2.05) is 17.0 Å². The highest BCUT2D eigenvalue weighted by atomic mass is 16.5. The number of carbonyl (C=O) groups is 1. The van der Waals surface area contributed by atoms with Crippen LogP contribution in [0.15, 0.2) is 36.4 Å². The molecule has 6 heteroatoms. The van der Waals surface area contributed by atoms with Crippen LogP contribution >= 0.6 is 0 Å². The smallest absolute Gasteiger partial charge is 0.254 e. The largest absolute Gasteiger partial charge is 0.383 e. The number of piperazine rings is 1. The molecule has 170 valence electrons. The summed E-state index contributed by atoms with van der Waals surface area (Å²) in [5.74, 6) is 0.107. The number of nitrogens with one attached hydrogen (secondary N) is 2. The summed E-state index contributed by atoms with van der Waals surface area (Å²) in [6.07, 6.45) is 0. The first-order valence-electron chi connectivity index (χ1n) is 11.4. The first-order valence-corrected chi connectivity index (χ1v) is 11.4. The Morgan fingerprint density at radius 1 is 1.09 bits per heavy atom. The number of rotatable bonds is 7. The highest BCUT2D eigenvalue weighted by molar-refractivity contribution is 6.03. The quantitative estimate of drug-likeness (QED) is 0.588. The summed E-state index contributed by atoms with van der Waals surface area (Å²) in [4.78, 5) is 21.2. The molecule has 2 heterocycles. The van der Waals surface area contributed by atoms with Crippen LogP contribution in [0.2, 0.25) is 0 Å². The summed E-state index contributed by atoms with van der Waals surface area (Å²) in [5, 5.41) is 4.70. The second-order valence-corrected chi connectivity index (χ2v) is 8.73. The van der Waals surface area contributed by atoms with Crippen molar-refractivity contribution in [3.8, 4) is 0 Å². The fourth-order valence-electron chi connectivity index (χ4n) is 4.40. The number of carbonyl (C=O) groups excluding carboxylic acids is 1. The standard InChI is InChI=1S/C26H34N4O2/c1-18-7-5-6-8-21(18)17-27-24-16-22(15-23-19(2)20(3)28-25(23)24)26(31)30-11-9-29(10-12-30)13-14-32-4/h5-8,15-16,27-28H,9-14,17H2,1-4H3. The van der Waals surface area contributed by atoms with Crippen LogP contribution in [0, 0.1) is 20.8 Å². The molecule has 2 aromatic carbocycles. The maximum Gasteiger partial charge on any atom is 0.254 e. The van der Waals surface area contributed by atoms with E-state index in [0.29, 0.717) is 6.54 Å². The highest BCUT2D eigenvalue weighted by Gasteiger charge is 2.23. The van der Waals surface area contributed by atoms with Gasteiger partial charge < -0.3 is 19.9 Å². The van der Waals surface area contributed by atoms with E-state index in [0.717, 1.165) is 67.2 Å². The minimum absolute atomic E-state index is 0.107. The van der Waals surface area contributed by atoms with Crippen LogP contribution in [0.3, 0.4) is 0 Å². The van der Waals surface area contributed by atoms with Crippen LogP contribution in [0.1, 0.15) is 32.7 Å². The first-order chi connectivity index (χ1) is 15.5. The van der Waals surface area contributed by atoms with Crippen molar-refractivity contribution in [3.63, 3.8) is 0 Å². The number of hydrogen-bond donors (Lipinski definition) is 2. The zero-order valence-corrected chi connectivity index (χ0v) is 19.6. The van der Waals surface area contributed by atoms with Gasteiger partial charge in [0.15, 0.2) is 0 Å². The Morgan fingerprint density at radius 3 is 2.56 bits per heavy atom. The van der Waals surface area contributed by atoms with Gasteiger partial charge in [0.05, 0.1) is 17.8 Å². The second kappa shape index (κ2) is 9.76. The van der Waals surface area contributed by atoms with Crippen molar-refractivity contribution in [2.45, 2.75) is 27.3 Å². The summed E-state index contributed by atoms with van der Waals surface area (Å²) in [6, 6.07) is 12.4. The van der Waals surface area contributed by atoms with Gasteiger partial charge in [-0.3, -0.25) is 9.69 Å². The molecule has 3 aromatic rings. The van der Waals surface area contributed by atoms with E-state index in [-0.39, 0.29) is 5.91 Å². The molecule has 0 atom stereocenters. The SMILES string of the molecule is COCCN1CCN(C(=O)c2cc(NCc3ccccc3C)c3[nH]c(C)c(C)c3c2)CC1. The van der Waals surface area contributed by atoms with Gasteiger partial charge in [-0.2, -0.15) is 0 Å². The van der Waals surface area contributed by atoms with Gasteiger partial charge >= 0.3 is 0 Å². The van der Waals surface area contributed by atoms with Crippen molar-refractivity contribution in [3.05, 3.63) is 64.3 Å². The molecule has 4 rings (SSSR count). The number of aromatic amines is 1. The summed E-state index contributed by atoms with van der Waals surface area (Å²) in [6.45, 7) is 12.0. The molecule has 0 saturated carbocycles. The Kier molecular flexibility index (Phi) is 6.82. The molecule has 0 unspecified atom stereocenters. The zero-order chi connectivity index (χ0) is 22.7. The molecule has 1 aliphatic rings. The van der Waals surface area contributed by atoms with Crippen molar-refractivity contribution in [2.24, 2.45) is 0 Å². The Labute approximate surface area is 190 Å². The van der Waals surface area contributed by atoms with E-state index in [9.17, 15) is 4.79 Å². The molecular formula is C26H34N4O2. The van der Waals surface area contributed by atoms with Crippen molar-refractivity contribution in [1.29, 1.82) is 0 Å². The molecule has 1 amide bonds. The predicted molar refractivity (Wildman–Crippen MR) is 130 cm³/mol. The molecule has 32 heavy (non-hydrogen) atoms. The van der Waals surface area contributed by atoms with Crippen LogP contribution < -0.4 is 5.32 Å². The van der Waals surface area contributed by atoms with Gasteiger partial charge in [0.1, 0.15) is 0 Å². The third-order valence-corrected chi connectivity index (χ3v) is 6.67. The maximum atomic E-state index is 13.4. The minimum atomic E-state index is 0.107. The van der Waals surface area contributed by atoms with E-state index in [1.54, 1.807) is 7.11 Å². The summed E-state index contributed by atoms with van der Waals surface area (Å²) < 4.78 is 5.19. The fraction of sp³-hybridized carbons (Fsp3) is 0.423. The molecule has 0 radical (unpaired) electrons. The van der Waals surface area contributed by atoms with Crippen LogP contribution in [-0.2, 0) is 11.3 Å². The molecule has 1 aliphatic heterocycles. The van der Waals surface area contributed by atoms with E-state index in [4.69, 9.17) is 4.74 Å². The van der Waals surface area contributed by atoms with Gasteiger partial charge in [-0.15, -0.1) is 0 Å².